The first-order valence-corrected chi connectivity index (χ1v) is 7.50. The van der Waals surface area contributed by atoms with Crippen molar-refractivity contribution in [1.82, 2.24) is 9.55 Å². The Morgan fingerprint density at radius 2 is 2.05 bits per heavy atom. The summed E-state index contributed by atoms with van der Waals surface area (Å²) in [5, 5.41) is 0.792. The third-order valence-corrected chi connectivity index (χ3v) is 3.84. The number of unbranched alkanes of at least 4 members (excludes halogenated alkanes) is 1. The van der Waals surface area contributed by atoms with E-state index in [4.69, 9.17) is 23.2 Å². The monoisotopic (exact) mass is 296 g/mol. The number of hydrogen-bond acceptors (Lipinski definition) is 1. The fourth-order valence-electron chi connectivity index (χ4n) is 2.10. The molecule has 0 saturated heterocycles. The molecule has 0 aliphatic heterocycles. The molecule has 0 unspecified atom stereocenters. The van der Waals surface area contributed by atoms with Gasteiger partial charge < -0.3 is 4.57 Å². The summed E-state index contributed by atoms with van der Waals surface area (Å²) in [6.45, 7) is 3.16. The topological polar surface area (TPSA) is 17.8 Å². The number of aromatic nitrogens is 2. The van der Waals surface area contributed by atoms with E-state index in [9.17, 15) is 0 Å². The summed E-state index contributed by atoms with van der Waals surface area (Å²) >= 11 is 12.2. The summed E-state index contributed by atoms with van der Waals surface area (Å²) in [4.78, 5) is 4.50. The van der Waals surface area contributed by atoms with Crippen molar-refractivity contribution in [3.63, 3.8) is 0 Å². The van der Waals surface area contributed by atoms with Crippen LogP contribution in [0.2, 0.25) is 5.02 Å². The standard InChI is InChI=1S/C15H18Cl2N2/c1-2-3-8-19-13(10-16)11-18-15(19)9-12-6-4-5-7-14(12)17/h4-7,11H,2-3,8-10H2,1H3. The maximum Gasteiger partial charge on any atom is 0.113 e. The van der Waals surface area contributed by atoms with Crippen molar-refractivity contribution in [3.05, 3.63) is 52.6 Å². The quantitative estimate of drug-likeness (QED) is 0.709. The van der Waals surface area contributed by atoms with Crippen molar-refractivity contribution in [1.29, 1.82) is 0 Å². The number of nitrogens with zero attached hydrogens (tertiary/aromatic N) is 2. The highest BCUT2D eigenvalue weighted by atomic mass is 35.5. The molecule has 1 aromatic carbocycles. The van der Waals surface area contributed by atoms with Gasteiger partial charge >= 0.3 is 0 Å². The van der Waals surface area contributed by atoms with Crippen LogP contribution in [0.4, 0.5) is 0 Å². The van der Waals surface area contributed by atoms with Crippen LogP contribution >= 0.6 is 23.2 Å². The van der Waals surface area contributed by atoms with Gasteiger partial charge in [-0.15, -0.1) is 11.6 Å². The maximum atomic E-state index is 6.21. The molecule has 2 aromatic rings. The molecule has 0 aliphatic carbocycles. The molecule has 102 valence electrons. The van der Waals surface area contributed by atoms with Crippen molar-refractivity contribution in [3.8, 4) is 0 Å². The summed E-state index contributed by atoms with van der Waals surface area (Å²) in [7, 11) is 0. The lowest BCUT2D eigenvalue weighted by atomic mass is 10.1. The largest absolute Gasteiger partial charge is 0.331 e. The first kappa shape index (κ1) is 14.4. The first-order chi connectivity index (χ1) is 9.26. The molecule has 1 heterocycles. The second-order valence-electron chi connectivity index (χ2n) is 4.57. The predicted octanol–water partition coefficient (Wildman–Crippen LogP) is 4.67. The first-order valence-electron chi connectivity index (χ1n) is 6.59. The van der Waals surface area contributed by atoms with Gasteiger partial charge in [0.1, 0.15) is 5.82 Å². The molecule has 4 heteroatoms. The summed E-state index contributed by atoms with van der Waals surface area (Å²) in [5.74, 6) is 1.54. The molecule has 19 heavy (non-hydrogen) atoms. The minimum absolute atomic E-state index is 0.499. The van der Waals surface area contributed by atoms with Crippen molar-refractivity contribution < 1.29 is 0 Å². The van der Waals surface area contributed by atoms with Crippen molar-refractivity contribution >= 4 is 23.2 Å². The molecular formula is C15H18Cl2N2. The molecule has 0 bridgehead atoms. The van der Waals surface area contributed by atoms with E-state index in [2.05, 4.69) is 16.5 Å². The molecule has 0 atom stereocenters. The number of alkyl halides is 1. The van der Waals surface area contributed by atoms with Gasteiger partial charge in [0, 0.05) is 24.2 Å². The van der Waals surface area contributed by atoms with Gasteiger partial charge in [-0.2, -0.15) is 0 Å². The molecule has 1 aromatic heterocycles. The second-order valence-corrected chi connectivity index (χ2v) is 5.25. The Balaban J connectivity index is 2.24. The van der Waals surface area contributed by atoms with Crippen LogP contribution in [0.3, 0.4) is 0 Å². The molecule has 0 N–H and O–H groups in total. The van der Waals surface area contributed by atoms with Gasteiger partial charge in [0.2, 0.25) is 0 Å². The van der Waals surface area contributed by atoms with Crippen LogP contribution in [0, 0.1) is 0 Å². The van der Waals surface area contributed by atoms with Crippen LogP contribution in [0.15, 0.2) is 30.5 Å². The fourth-order valence-corrected chi connectivity index (χ4v) is 2.52. The average molecular weight is 297 g/mol. The van der Waals surface area contributed by atoms with Crippen LogP contribution < -0.4 is 0 Å². The van der Waals surface area contributed by atoms with Gasteiger partial charge in [-0.3, -0.25) is 0 Å². The molecule has 2 rings (SSSR count). The van der Waals surface area contributed by atoms with Crippen molar-refractivity contribution in [2.45, 2.75) is 38.6 Å². The van der Waals surface area contributed by atoms with E-state index in [1.54, 1.807) is 0 Å². The Hall–Kier alpha value is -0.990. The van der Waals surface area contributed by atoms with E-state index >= 15 is 0 Å². The third kappa shape index (κ3) is 3.52. The van der Waals surface area contributed by atoms with E-state index in [0.29, 0.717) is 5.88 Å². The van der Waals surface area contributed by atoms with E-state index in [1.807, 2.05) is 30.5 Å². The van der Waals surface area contributed by atoms with Crippen LogP contribution in [-0.2, 0) is 18.8 Å². The highest BCUT2D eigenvalue weighted by molar-refractivity contribution is 6.31. The lowest BCUT2D eigenvalue weighted by molar-refractivity contribution is 0.595. The lowest BCUT2D eigenvalue weighted by Crippen LogP contribution is -2.07. The zero-order chi connectivity index (χ0) is 13.7. The van der Waals surface area contributed by atoms with Crippen LogP contribution in [-0.4, -0.2) is 9.55 Å². The number of benzene rings is 1. The fraction of sp³-hybridized carbons (Fsp3) is 0.400. The van der Waals surface area contributed by atoms with Gasteiger partial charge in [-0.05, 0) is 18.1 Å². The van der Waals surface area contributed by atoms with Crippen molar-refractivity contribution in [2.24, 2.45) is 0 Å². The minimum atomic E-state index is 0.499. The third-order valence-electron chi connectivity index (χ3n) is 3.20. The van der Waals surface area contributed by atoms with Gasteiger partial charge in [-0.25, -0.2) is 4.98 Å². The summed E-state index contributed by atoms with van der Waals surface area (Å²) in [6, 6.07) is 7.91. The SMILES string of the molecule is CCCCn1c(CCl)cnc1Cc1ccccc1Cl. The highest BCUT2D eigenvalue weighted by Gasteiger charge is 2.11. The number of rotatable bonds is 6. The van der Waals surface area contributed by atoms with Gasteiger partial charge in [-0.1, -0.05) is 43.1 Å². The summed E-state index contributed by atoms with van der Waals surface area (Å²) in [6.07, 6.45) is 4.91. The predicted molar refractivity (Wildman–Crippen MR) is 81.0 cm³/mol. The maximum absolute atomic E-state index is 6.21. The van der Waals surface area contributed by atoms with Crippen LogP contribution in [0.1, 0.15) is 36.8 Å². The van der Waals surface area contributed by atoms with E-state index in [0.717, 1.165) is 47.9 Å². The Morgan fingerprint density at radius 1 is 1.26 bits per heavy atom. The van der Waals surface area contributed by atoms with Gasteiger partial charge in [0.25, 0.3) is 0 Å². The zero-order valence-corrected chi connectivity index (χ0v) is 12.6. The van der Waals surface area contributed by atoms with Crippen LogP contribution in [0.25, 0.3) is 0 Å². The van der Waals surface area contributed by atoms with Gasteiger partial charge in [0.15, 0.2) is 0 Å². The van der Waals surface area contributed by atoms with Gasteiger partial charge in [0.05, 0.1) is 11.6 Å². The molecule has 0 amide bonds. The van der Waals surface area contributed by atoms with Crippen molar-refractivity contribution in [2.75, 3.05) is 0 Å². The minimum Gasteiger partial charge on any atom is -0.331 e. The van der Waals surface area contributed by atoms with Crippen LogP contribution in [0.5, 0.6) is 0 Å². The van der Waals surface area contributed by atoms with E-state index in [1.165, 1.54) is 0 Å². The Labute approximate surface area is 124 Å². The molecule has 0 fully saturated rings. The smallest absolute Gasteiger partial charge is 0.113 e. The zero-order valence-electron chi connectivity index (χ0n) is 11.1. The Bertz CT molecular complexity index is 535. The average Bonchev–Trinajstić information content (AvgIpc) is 2.81. The van der Waals surface area contributed by atoms with E-state index in [-0.39, 0.29) is 0 Å². The molecule has 0 spiro atoms. The Kier molecular flexibility index (Phi) is 5.29. The molecule has 0 saturated carbocycles. The normalized spacial score (nSPS) is 10.9. The molecule has 2 nitrogen and oxygen atoms in total. The Morgan fingerprint density at radius 3 is 2.74 bits per heavy atom. The lowest BCUT2D eigenvalue weighted by Gasteiger charge is -2.11. The number of halogens is 2. The molecular weight excluding hydrogens is 279 g/mol. The number of hydrogen-bond donors (Lipinski definition) is 0. The van der Waals surface area contributed by atoms with E-state index < -0.39 is 0 Å². The number of imidazole rings is 1. The highest BCUT2D eigenvalue weighted by Crippen LogP contribution is 2.20. The second kappa shape index (κ2) is 6.97. The summed E-state index contributed by atoms with van der Waals surface area (Å²) < 4.78 is 2.22. The molecule has 0 aliphatic rings. The molecule has 0 radical (unpaired) electrons. The summed E-state index contributed by atoms with van der Waals surface area (Å²) in [5.41, 5.74) is 2.19.